The Hall–Kier alpha value is -1.27. The van der Waals surface area contributed by atoms with Crippen molar-refractivity contribution in [3.05, 3.63) is 12.2 Å². The molecule has 14 nitrogen and oxygen atoms in total. The summed E-state index contributed by atoms with van der Waals surface area (Å²) in [5.41, 5.74) is 0. The molecule has 390 valence electrons. The Morgan fingerprint density at radius 2 is 0.894 bits per heavy atom. The molecular weight excluding hydrogens is 849 g/mol. The van der Waals surface area contributed by atoms with Crippen molar-refractivity contribution in [2.45, 2.75) is 280 Å². The van der Waals surface area contributed by atoms with Gasteiger partial charge < -0.3 is 64.2 Å². The normalized spacial score (nSPS) is 26.3. The highest BCUT2D eigenvalue weighted by Gasteiger charge is 2.47. The largest absolute Gasteiger partial charge is 0.457 e. The molecule has 2 rings (SSSR count). The lowest BCUT2D eigenvalue weighted by molar-refractivity contribution is -0.332. The molecule has 0 spiro atoms. The summed E-state index contributed by atoms with van der Waals surface area (Å²) in [6.07, 6.45) is 25.6. The molecule has 0 amide bonds. The SMILES string of the molecule is CCCCCC/C=C\CCCCCCCC(=O)OC(COCCCCCCCCCCCCCCCCCCCCC)COC1OC(COC2OC(CO)C(O)C(O)C2O)C(O)C(O)C1O. The van der Waals surface area contributed by atoms with Gasteiger partial charge in [-0.2, -0.15) is 0 Å². The predicted octanol–water partition coefficient (Wildman–Crippen LogP) is 8.24. The molecule has 0 aromatic heterocycles. The van der Waals surface area contributed by atoms with Gasteiger partial charge in [-0.25, -0.2) is 0 Å². The third-order valence-corrected chi connectivity index (χ3v) is 13.0. The van der Waals surface area contributed by atoms with Gasteiger partial charge >= 0.3 is 5.97 Å². The minimum absolute atomic E-state index is 0.0640. The van der Waals surface area contributed by atoms with Crippen molar-refractivity contribution in [3.63, 3.8) is 0 Å². The molecule has 66 heavy (non-hydrogen) atoms. The minimum atomic E-state index is -1.70. The molecule has 0 aromatic rings. The zero-order valence-corrected chi connectivity index (χ0v) is 41.4. The number of aliphatic hydroxyl groups is 7. The van der Waals surface area contributed by atoms with Gasteiger partial charge in [0.25, 0.3) is 0 Å². The molecule has 2 fully saturated rings. The summed E-state index contributed by atoms with van der Waals surface area (Å²) in [6, 6.07) is 0. The third-order valence-electron chi connectivity index (χ3n) is 13.0. The molecule has 11 atom stereocenters. The van der Waals surface area contributed by atoms with Gasteiger partial charge in [-0.3, -0.25) is 4.79 Å². The number of unbranched alkanes of at least 4 members (excludes halogenated alkanes) is 27. The van der Waals surface area contributed by atoms with E-state index in [-0.39, 0.29) is 25.6 Å². The van der Waals surface area contributed by atoms with Crippen LogP contribution in [0.25, 0.3) is 0 Å². The van der Waals surface area contributed by atoms with Crippen molar-refractivity contribution >= 4 is 5.97 Å². The van der Waals surface area contributed by atoms with Gasteiger partial charge in [-0.1, -0.05) is 180 Å². The van der Waals surface area contributed by atoms with Crippen LogP contribution in [-0.2, 0) is 33.2 Å². The van der Waals surface area contributed by atoms with E-state index in [1.807, 2.05) is 0 Å². The Labute approximate surface area is 399 Å². The molecule has 11 unspecified atom stereocenters. The summed E-state index contributed by atoms with van der Waals surface area (Å²) in [6.45, 7) is 3.70. The molecule has 2 aliphatic rings. The second-order valence-electron chi connectivity index (χ2n) is 19.1. The van der Waals surface area contributed by atoms with Gasteiger partial charge in [0, 0.05) is 13.0 Å². The fourth-order valence-corrected chi connectivity index (χ4v) is 8.63. The topological polar surface area (TPSA) is 214 Å². The Morgan fingerprint density at radius 1 is 0.485 bits per heavy atom. The third kappa shape index (κ3) is 27.8. The van der Waals surface area contributed by atoms with E-state index in [4.69, 9.17) is 28.4 Å². The van der Waals surface area contributed by atoms with E-state index < -0.39 is 80.7 Å². The maximum atomic E-state index is 13.0. The number of esters is 1. The van der Waals surface area contributed by atoms with E-state index in [1.54, 1.807) is 0 Å². The van der Waals surface area contributed by atoms with Crippen molar-refractivity contribution in [2.24, 2.45) is 0 Å². The molecule has 2 heterocycles. The fraction of sp³-hybridized carbons (Fsp3) is 0.942. The summed E-state index contributed by atoms with van der Waals surface area (Å²) < 4.78 is 34.3. The van der Waals surface area contributed by atoms with E-state index in [0.29, 0.717) is 13.0 Å². The smallest absolute Gasteiger partial charge is 0.306 e. The highest BCUT2D eigenvalue weighted by molar-refractivity contribution is 5.69. The van der Waals surface area contributed by atoms with Crippen LogP contribution in [0.3, 0.4) is 0 Å². The number of carbonyl (C=O) groups is 1. The monoisotopic (exact) mass is 947 g/mol. The standard InChI is InChI=1S/C52H98O14/c1-3-5-7-9-11-13-15-17-18-19-20-21-22-24-26-28-30-32-34-36-61-38-41(64-44(54)35-33-31-29-27-25-23-16-14-12-10-8-6-4-2)39-62-51-50(60)48(58)46(56)43(66-51)40-63-52-49(59)47(57)45(55)42(37-53)65-52/h14,16,41-43,45-53,55-60H,3-13,15,17-40H2,1-2H3/b16-14-. The van der Waals surface area contributed by atoms with E-state index in [9.17, 15) is 40.5 Å². The molecule has 0 bridgehead atoms. The van der Waals surface area contributed by atoms with Gasteiger partial charge in [-0.05, 0) is 38.5 Å². The van der Waals surface area contributed by atoms with Crippen LogP contribution in [0, 0.1) is 0 Å². The minimum Gasteiger partial charge on any atom is -0.457 e. The van der Waals surface area contributed by atoms with Crippen molar-refractivity contribution in [3.8, 4) is 0 Å². The van der Waals surface area contributed by atoms with Gasteiger partial charge in [0.2, 0.25) is 0 Å². The van der Waals surface area contributed by atoms with Crippen molar-refractivity contribution in [2.75, 3.05) is 33.0 Å². The number of carbonyl (C=O) groups excluding carboxylic acids is 1. The van der Waals surface area contributed by atoms with Crippen LogP contribution >= 0.6 is 0 Å². The molecule has 0 radical (unpaired) electrons. The molecule has 7 N–H and O–H groups in total. The zero-order chi connectivity index (χ0) is 48.0. The Balaban J connectivity index is 1.74. The van der Waals surface area contributed by atoms with Gasteiger partial charge in [-0.15, -0.1) is 0 Å². The first kappa shape index (κ1) is 60.9. The average molecular weight is 947 g/mol. The van der Waals surface area contributed by atoms with E-state index in [0.717, 1.165) is 57.8 Å². The van der Waals surface area contributed by atoms with Crippen LogP contribution in [-0.4, -0.2) is 142 Å². The fourth-order valence-electron chi connectivity index (χ4n) is 8.63. The number of aliphatic hydroxyl groups excluding tert-OH is 7. The Morgan fingerprint density at radius 3 is 1.39 bits per heavy atom. The van der Waals surface area contributed by atoms with Gasteiger partial charge in [0.1, 0.15) is 54.9 Å². The van der Waals surface area contributed by atoms with E-state index in [1.165, 1.54) is 128 Å². The van der Waals surface area contributed by atoms with Crippen LogP contribution in [0.15, 0.2) is 12.2 Å². The van der Waals surface area contributed by atoms with Crippen LogP contribution in [0.5, 0.6) is 0 Å². The summed E-state index contributed by atoms with van der Waals surface area (Å²) in [7, 11) is 0. The molecule has 0 saturated carbocycles. The molecule has 0 aliphatic carbocycles. The summed E-state index contributed by atoms with van der Waals surface area (Å²) >= 11 is 0. The van der Waals surface area contributed by atoms with Crippen molar-refractivity contribution in [1.82, 2.24) is 0 Å². The summed E-state index contributed by atoms with van der Waals surface area (Å²) in [5, 5.41) is 72.1. The van der Waals surface area contributed by atoms with Crippen LogP contribution in [0.1, 0.15) is 213 Å². The van der Waals surface area contributed by atoms with E-state index in [2.05, 4.69) is 26.0 Å². The summed E-state index contributed by atoms with van der Waals surface area (Å²) in [4.78, 5) is 13.0. The first-order chi connectivity index (χ1) is 32.1. The van der Waals surface area contributed by atoms with E-state index >= 15 is 0 Å². The second-order valence-corrected chi connectivity index (χ2v) is 19.1. The quantitative estimate of drug-likeness (QED) is 0.0174. The molecule has 0 aromatic carbocycles. The number of hydrogen-bond donors (Lipinski definition) is 7. The lowest BCUT2D eigenvalue weighted by atomic mass is 9.98. The molecular formula is C52H98O14. The first-order valence-electron chi connectivity index (χ1n) is 26.8. The number of allylic oxidation sites excluding steroid dienone is 2. The maximum absolute atomic E-state index is 13.0. The Kier molecular flexibility index (Phi) is 37.3. The lowest BCUT2D eigenvalue weighted by Crippen LogP contribution is -2.61. The highest BCUT2D eigenvalue weighted by Crippen LogP contribution is 2.26. The van der Waals surface area contributed by atoms with Crippen LogP contribution in [0.4, 0.5) is 0 Å². The Bertz CT molecular complexity index is 1140. The second kappa shape index (κ2) is 40.5. The summed E-state index contributed by atoms with van der Waals surface area (Å²) in [5.74, 6) is -0.381. The van der Waals surface area contributed by atoms with Crippen LogP contribution in [0.2, 0.25) is 0 Å². The van der Waals surface area contributed by atoms with Crippen molar-refractivity contribution < 1.29 is 69.0 Å². The lowest BCUT2D eigenvalue weighted by Gasteiger charge is -2.42. The van der Waals surface area contributed by atoms with Gasteiger partial charge in [0.05, 0.1) is 26.4 Å². The molecule has 2 aliphatic heterocycles. The first-order valence-corrected chi connectivity index (χ1v) is 26.8. The number of hydrogen-bond acceptors (Lipinski definition) is 14. The zero-order valence-electron chi connectivity index (χ0n) is 41.4. The predicted molar refractivity (Wildman–Crippen MR) is 257 cm³/mol. The molecule has 14 heteroatoms. The highest BCUT2D eigenvalue weighted by atomic mass is 16.7. The average Bonchev–Trinajstić information content (AvgIpc) is 3.31. The number of ether oxygens (including phenoxy) is 6. The van der Waals surface area contributed by atoms with Gasteiger partial charge in [0.15, 0.2) is 12.6 Å². The van der Waals surface area contributed by atoms with Crippen molar-refractivity contribution in [1.29, 1.82) is 0 Å². The van der Waals surface area contributed by atoms with Crippen LogP contribution < -0.4 is 0 Å². The number of rotatable bonds is 43. The maximum Gasteiger partial charge on any atom is 0.306 e. The molecule has 2 saturated heterocycles.